The van der Waals surface area contributed by atoms with Gasteiger partial charge in [-0.25, -0.2) is 0 Å². The number of phenolic OH excluding ortho intramolecular Hbond substituents is 2. The van der Waals surface area contributed by atoms with Crippen LogP contribution in [0.1, 0.15) is 22.6 Å². The van der Waals surface area contributed by atoms with E-state index in [4.69, 9.17) is 18.9 Å². The van der Waals surface area contributed by atoms with Gasteiger partial charge in [-0.2, -0.15) is 0 Å². The number of phenols is 2. The van der Waals surface area contributed by atoms with E-state index in [0.29, 0.717) is 12.2 Å². The predicted octanol–water partition coefficient (Wildman–Crippen LogP) is 0.483. The molecule has 2 aromatic carbocycles. The maximum absolute atomic E-state index is 10.5. The van der Waals surface area contributed by atoms with Crippen LogP contribution in [0.25, 0.3) is 0 Å². The first-order valence-electron chi connectivity index (χ1n) is 11.4. The molecule has 1 heterocycles. The molecule has 35 heavy (non-hydrogen) atoms. The van der Waals surface area contributed by atoms with Crippen molar-refractivity contribution in [1.29, 1.82) is 0 Å². The highest BCUT2D eigenvalue weighted by Crippen LogP contribution is 2.48. The molecule has 7 unspecified atom stereocenters. The topological polar surface area (TPSA) is 158 Å². The second kappa shape index (κ2) is 10.6. The molecule has 0 bridgehead atoms. The fourth-order valence-electron chi connectivity index (χ4n) is 5.07. The van der Waals surface area contributed by atoms with Crippen molar-refractivity contribution in [2.45, 2.75) is 36.9 Å². The minimum atomic E-state index is -1.44. The van der Waals surface area contributed by atoms with E-state index in [9.17, 15) is 30.6 Å². The van der Waals surface area contributed by atoms with E-state index in [1.807, 2.05) is 0 Å². The number of fused-ring (bicyclic) bond motifs is 1. The molecule has 4 rings (SSSR count). The summed E-state index contributed by atoms with van der Waals surface area (Å²) < 4.78 is 21.9. The Balaban J connectivity index is 1.73. The molecular weight excluding hydrogens is 460 g/mol. The summed E-state index contributed by atoms with van der Waals surface area (Å²) >= 11 is 0. The summed E-state index contributed by atoms with van der Waals surface area (Å²) in [5.74, 6) is -0.459. The lowest BCUT2D eigenvalue weighted by molar-refractivity contribution is -0.274. The maximum Gasteiger partial charge on any atom is 0.186 e. The van der Waals surface area contributed by atoms with Gasteiger partial charge in [0.05, 0.1) is 27.4 Å². The van der Waals surface area contributed by atoms with Gasteiger partial charge in [-0.1, -0.05) is 6.07 Å². The summed E-state index contributed by atoms with van der Waals surface area (Å²) in [7, 11) is 2.91. The van der Waals surface area contributed by atoms with Crippen molar-refractivity contribution in [3.63, 3.8) is 0 Å². The highest BCUT2D eigenvalue weighted by Gasteiger charge is 2.42. The fraction of sp³-hybridized carbons (Fsp3) is 0.520. The lowest BCUT2D eigenvalue weighted by Gasteiger charge is -2.41. The number of hydrogen-bond donors (Lipinski definition) is 6. The Bertz CT molecular complexity index is 1030. The first-order chi connectivity index (χ1) is 16.8. The number of aliphatic hydroxyl groups is 4. The maximum atomic E-state index is 10.5. The molecule has 0 amide bonds. The average Bonchev–Trinajstić information content (AvgIpc) is 2.86. The van der Waals surface area contributed by atoms with Crippen molar-refractivity contribution in [3.8, 4) is 23.0 Å². The van der Waals surface area contributed by atoms with Crippen LogP contribution in [-0.4, -0.2) is 89.3 Å². The third-order valence-corrected chi connectivity index (χ3v) is 7.00. The van der Waals surface area contributed by atoms with Gasteiger partial charge in [-0.05, 0) is 59.2 Å². The van der Waals surface area contributed by atoms with Crippen LogP contribution in [0, 0.1) is 11.8 Å². The summed E-state index contributed by atoms with van der Waals surface area (Å²) in [6.45, 7) is -0.306. The molecule has 10 heteroatoms. The first-order valence-corrected chi connectivity index (χ1v) is 11.4. The molecule has 2 aromatic rings. The molecule has 0 radical (unpaired) electrons. The van der Waals surface area contributed by atoms with Crippen molar-refractivity contribution < 1.29 is 49.6 Å². The molecule has 0 saturated carbocycles. The molecule has 1 aliphatic carbocycles. The lowest BCUT2D eigenvalue weighted by atomic mass is 9.67. The van der Waals surface area contributed by atoms with Crippen LogP contribution >= 0.6 is 0 Å². The Morgan fingerprint density at radius 2 is 1.66 bits per heavy atom. The van der Waals surface area contributed by atoms with Gasteiger partial charge in [0.25, 0.3) is 0 Å². The Labute approximate surface area is 202 Å². The monoisotopic (exact) mass is 492 g/mol. The van der Waals surface area contributed by atoms with Crippen LogP contribution in [0.15, 0.2) is 30.3 Å². The van der Waals surface area contributed by atoms with Crippen molar-refractivity contribution >= 4 is 0 Å². The second-order valence-electron chi connectivity index (χ2n) is 9.03. The van der Waals surface area contributed by atoms with Gasteiger partial charge in [0, 0.05) is 12.5 Å². The van der Waals surface area contributed by atoms with Gasteiger partial charge in [0.2, 0.25) is 0 Å². The van der Waals surface area contributed by atoms with E-state index in [0.717, 1.165) is 16.7 Å². The molecule has 10 nitrogen and oxygen atoms in total. The second-order valence-corrected chi connectivity index (χ2v) is 9.03. The Kier molecular flexibility index (Phi) is 7.70. The number of methoxy groups -OCH3 is 2. The van der Waals surface area contributed by atoms with E-state index in [1.165, 1.54) is 20.3 Å². The smallest absolute Gasteiger partial charge is 0.186 e. The van der Waals surface area contributed by atoms with Crippen molar-refractivity contribution in [3.05, 3.63) is 47.0 Å². The first kappa shape index (κ1) is 25.5. The van der Waals surface area contributed by atoms with Crippen LogP contribution in [0.3, 0.4) is 0 Å². The van der Waals surface area contributed by atoms with Crippen LogP contribution < -0.4 is 9.47 Å². The molecule has 0 aromatic heterocycles. The molecule has 2 aliphatic rings. The van der Waals surface area contributed by atoms with Gasteiger partial charge in [-0.15, -0.1) is 0 Å². The molecule has 6 N–H and O–H groups in total. The third-order valence-electron chi connectivity index (χ3n) is 7.00. The zero-order valence-corrected chi connectivity index (χ0v) is 19.6. The van der Waals surface area contributed by atoms with E-state index in [-0.39, 0.29) is 48.9 Å². The van der Waals surface area contributed by atoms with Gasteiger partial charge in [-0.3, -0.25) is 0 Å². The highest BCUT2D eigenvalue weighted by molar-refractivity contribution is 5.53. The Morgan fingerprint density at radius 3 is 2.34 bits per heavy atom. The average molecular weight is 493 g/mol. The van der Waals surface area contributed by atoms with Crippen LogP contribution in [0.5, 0.6) is 23.0 Å². The minimum Gasteiger partial charge on any atom is -0.504 e. The van der Waals surface area contributed by atoms with Crippen LogP contribution in [0.4, 0.5) is 0 Å². The minimum absolute atomic E-state index is 0.0253. The normalized spacial score (nSPS) is 30.5. The molecule has 7 atom stereocenters. The number of hydrogen-bond acceptors (Lipinski definition) is 10. The summed E-state index contributed by atoms with van der Waals surface area (Å²) in [6.07, 6.45) is -4.74. The Hall–Kier alpha value is -2.60. The summed E-state index contributed by atoms with van der Waals surface area (Å²) in [6, 6.07) is 8.34. The zero-order chi connectivity index (χ0) is 25.3. The zero-order valence-electron chi connectivity index (χ0n) is 19.6. The summed E-state index contributed by atoms with van der Waals surface area (Å²) in [4.78, 5) is 0. The fourth-order valence-corrected chi connectivity index (χ4v) is 5.07. The number of ether oxygens (including phenoxy) is 4. The van der Waals surface area contributed by atoms with Crippen molar-refractivity contribution in [1.82, 2.24) is 0 Å². The van der Waals surface area contributed by atoms with Gasteiger partial charge in [0.1, 0.15) is 18.3 Å². The number of aliphatic hydroxyl groups excluding tert-OH is 4. The van der Waals surface area contributed by atoms with E-state index >= 15 is 0 Å². The third kappa shape index (κ3) is 4.90. The van der Waals surface area contributed by atoms with E-state index in [2.05, 4.69) is 0 Å². The van der Waals surface area contributed by atoms with Gasteiger partial charge < -0.3 is 49.6 Å². The SMILES string of the molecule is COc1cc(C2c3cc(O)c(OC)cc3CC(CO)C2COC2OCC(O)C(O)C2O)ccc1O. The van der Waals surface area contributed by atoms with E-state index in [1.54, 1.807) is 24.3 Å². The number of benzene rings is 2. The largest absolute Gasteiger partial charge is 0.504 e. The number of rotatable bonds is 7. The molecule has 1 aliphatic heterocycles. The van der Waals surface area contributed by atoms with Crippen molar-refractivity contribution in [2.24, 2.45) is 11.8 Å². The highest BCUT2D eigenvalue weighted by atomic mass is 16.7. The molecule has 192 valence electrons. The van der Waals surface area contributed by atoms with E-state index < -0.39 is 30.5 Å². The predicted molar refractivity (Wildman–Crippen MR) is 123 cm³/mol. The lowest BCUT2D eigenvalue weighted by Crippen LogP contribution is -2.54. The standard InChI is InChI=1S/C25H32O10/c1-32-20-6-12(3-4-17(20)27)22-15-8-18(28)21(33-2)7-13(15)5-14(9-26)16(22)10-34-25-24(31)23(30)19(29)11-35-25/h3-4,6-8,14,16,19,22-31H,5,9-11H2,1-2H3. The Morgan fingerprint density at radius 1 is 0.943 bits per heavy atom. The molecular formula is C25H32O10. The summed E-state index contributed by atoms with van der Waals surface area (Å²) in [5.41, 5.74) is 2.45. The molecule has 0 spiro atoms. The molecule has 1 saturated heterocycles. The van der Waals surface area contributed by atoms with Gasteiger partial charge in [0.15, 0.2) is 29.3 Å². The van der Waals surface area contributed by atoms with Crippen LogP contribution in [-0.2, 0) is 15.9 Å². The number of aromatic hydroxyl groups is 2. The van der Waals surface area contributed by atoms with Crippen LogP contribution in [0.2, 0.25) is 0 Å². The van der Waals surface area contributed by atoms with Crippen molar-refractivity contribution in [2.75, 3.05) is 34.0 Å². The molecule has 1 fully saturated rings. The quantitative estimate of drug-likeness (QED) is 0.321. The summed E-state index contributed by atoms with van der Waals surface area (Å²) in [5, 5.41) is 60.9. The van der Waals surface area contributed by atoms with Gasteiger partial charge >= 0.3 is 0 Å².